The Balaban J connectivity index is 1.26. The zero-order valence-electron chi connectivity index (χ0n) is 24.2. The van der Waals surface area contributed by atoms with E-state index in [0.29, 0.717) is 65.6 Å². The number of fused-ring (bicyclic) bond motifs is 1. The number of nitrogens with zero attached hydrogens (tertiary/aromatic N) is 6. The lowest BCUT2D eigenvalue weighted by Gasteiger charge is -2.35. The first-order chi connectivity index (χ1) is 21.2. The molecule has 5 aromatic rings. The molecule has 6 rings (SSSR count). The predicted octanol–water partition coefficient (Wildman–Crippen LogP) is 4.41. The van der Waals surface area contributed by atoms with Gasteiger partial charge in [0.05, 0.1) is 28.0 Å². The molecule has 0 radical (unpaired) electrons. The van der Waals surface area contributed by atoms with Crippen LogP contribution in [0.1, 0.15) is 11.3 Å². The van der Waals surface area contributed by atoms with Crippen LogP contribution < -0.4 is 11.1 Å². The van der Waals surface area contributed by atoms with Gasteiger partial charge in [-0.2, -0.15) is 0 Å². The summed E-state index contributed by atoms with van der Waals surface area (Å²) in [7, 11) is 1.77. The van der Waals surface area contributed by atoms with Gasteiger partial charge in [-0.15, -0.1) is 0 Å². The van der Waals surface area contributed by atoms with E-state index in [9.17, 15) is 18.8 Å². The van der Waals surface area contributed by atoms with Crippen LogP contribution in [0.4, 0.5) is 4.39 Å². The molecule has 3 aromatic carbocycles. The molecule has 0 aliphatic carbocycles. The maximum atomic E-state index is 14.3. The Morgan fingerprint density at radius 1 is 0.932 bits per heavy atom. The lowest BCUT2D eigenvalue weighted by atomic mass is 10.2. The van der Waals surface area contributed by atoms with Gasteiger partial charge in [-0.1, -0.05) is 59.8 Å². The van der Waals surface area contributed by atoms with E-state index in [1.54, 1.807) is 60.0 Å². The van der Waals surface area contributed by atoms with E-state index < -0.39 is 0 Å². The molecule has 0 N–H and O–H groups in total. The molecule has 9 nitrogen and oxygen atoms in total. The minimum atomic E-state index is -0.378. The molecule has 12 heteroatoms. The van der Waals surface area contributed by atoms with Gasteiger partial charge in [0, 0.05) is 50.4 Å². The summed E-state index contributed by atoms with van der Waals surface area (Å²) in [5, 5.41) is 1.03. The number of carbonyl (C=O) groups excluding carboxylic acids is 1. The number of para-hydroxylation sites is 2. The summed E-state index contributed by atoms with van der Waals surface area (Å²) >= 11 is 7.34. The average molecular weight is 633 g/mol. The molecule has 1 amide bonds. The Kier molecular flexibility index (Phi) is 8.44. The van der Waals surface area contributed by atoms with Gasteiger partial charge in [-0.3, -0.25) is 24.0 Å². The lowest BCUT2D eigenvalue weighted by molar-refractivity contribution is -0.130. The van der Waals surface area contributed by atoms with Crippen molar-refractivity contribution >= 4 is 40.2 Å². The highest BCUT2D eigenvalue weighted by Gasteiger charge is 2.26. The van der Waals surface area contributed by atoms with E-state index in [1.807, 2.05) is 30.3 Å². The molecule has 2 aromatic heterocycles. The van der Waals surface area contributed by atoms with E-state index in [4.69, 9.17) is 16.6 Å². The number of thioether (sulfide) groups is 1. The standard InChI is InChI=1S/C32H30ClFN6O3S/c1-21-29(31(43)40(36(21)2)22-9-4-3-5-10-22)39-30(42)23-11-6-7-14-27(23)35-32(39)44-20-28(41)38-17-15-37(16-18-38)19-24-25(33)12-8-13-26(24)34/h3-14H,15-20H2,1-2H3. The molecule has 1 aliphatic heterocycles. The van der Waals surface area contributed by atoms with Crippen molar-refractivity contribution in [1.82, 2.24) is 28.7 Å². The minimum Gasteiger partial charge on any atom is -0.339 e. The quantitative estimate of drug-likeness (QED) is 0.195. The number of halogens is 2. The third-order valence-corrected chi connectivity index (χ3v) is 9.26. The number of hydrogen-bond donors (Lipinski definition) is 0. The van der Waals surface area contributed by atoms with Gasteiger partial charge >= 0.3 is 0 Å². The van der Waals surface area contributed by atoms with Crippen LogP contribution in [0.3, 0.4) is 0 Å². The van der Waals surface area contributed by atoms with Crippen LogP contribution in [0, 0.1) is 12.7 Å². The molecule has 0 saturated carbocycles. The Bertz CT molecular complexity index is 1960. The first-order valence-electron chi connectivity index (χ1n) is 14.2. The summed E-state index contributed by atoms with van der Waals surface area (Å²) in [5.74, 6) is -0.424. The number of carbonyl (C=O) groups is 1. The molecule has 0 spiro atoms. The van der Waals surface area contributed by atoms with Crippen molar-refractivity contribution in [1.29, 1.82) is 0 Å². The topological polar surface area (TPSA) is 85.4 Å². The highest BCUT2D eigenvalue weighted by molar-refractivity contribution is 7.99. The van der Waals surface area contributed by atoms with Gasteiger partial charge in [0.1, 0.15) is 11.5 Å². The van der Waals surface area contributed by atoms with Gasteiger partial charge in [-0.25, -0.2) is 18.6 Å². The maximum absolute atomic E-state index is 14.3. The van der Waals surface area contributed by atoms with Crippen molar-refractivity contribution in [2.45, 2.75) is 18.6 Å². The number of benzene rings is 3. The first-order valence-corrected chi connectivity index (χ1v) is 15.5. The minimum absolute atomic E-state index is 0.0304. The van der Waals surface area contributed by atoms with E-state index in [0.717, 1.165) is 11.8 Å². The van der Waals surface area contributed by atoms with Crippen LogP contribution in [0.5, 0.6) is 0 Å². The summed E-state index contributed by atoms with van der Waals surface area (Å²) in [5.41, 5.74) is 1.63. The molecule has 1 saturated heterocycles. The third-order valence-electron chi connectivity index (χ3n) is 7.99. The molecular formula is C32H30ClFN6O3S. The van der Waals surface area contributed by atoms with Gasteiger partial charge < -0.3 is 4.90 Å². The number of hydrogen-bond acceptors (Lipinski definition) is 6. The normalized spacial score (nSPS) is 14.0. The van der Waals surface area contributed by atoms with E-state index in [2.05, 4.69) is 4.90 Å². The number of aromatic nitrogens is 4. The summed E-state index contributed by atoms with van der Waals surface area (Å²) in [6.07, 6.45) is 0. The number of rotatable bonds is 7. The van der Waals surface area contributed by atoms with Crippen molar-refractivity contribution < 1.29 is 9.18 Å². The zero-order valence-corrected chi connectivity index (χ0v) is 25.8. The van der Waals surface area contributed by atoms with Crippen molar-refractivity contribution in [2.24, 2.45) is 7.05 Å². The number of piperazine rings is 1. The highest BCUT2D eigenvalue weighted by atomic mass is 35.5. The van der Waals surface area contributed by atoms with Gasteiger partial charge in [0.25, 0.3) is 11.1 Å². The van der Waals surface area contributed by atoms with Crippen LogP contribution in [0.15, 0.2) is 87.5 Å². The molecule has 1 fully saturated rings. The third kappa shape index (κ3) is 5.58. The van der Waals surface area contributed by atoms with Gasteiger partial charge in [-0.05, 0) is 43.3 Å². The van der Waals surface area contributed by atoms with Crippen LogP contribution >= 0.6 is 23.4 Å². The predicted molar refractivity (Wildman–Crippen MR) is 171 cm³/mol. The van der Waals surface area contributed by atoms with E-state index in [-0.39, 0.29) is 39.4 Å². The Labute approximate surface area is 262 Å². The molecule has 1 aliphatic rings. The highest BCUT2D eigenvalue weighted by Crippen LogP contribution is 2.24. The lowest BCUT2D eigenvalue weighted by Crippen LogP contribution is -2.49. The van der Waals surface area contributed by atoms with E-state index >= 15 is 0 Å². The second-order valence-corrected chi connectivity index (χ2v) is 12.0. The fraction of sp³-hybridized carbons (Fsp3) is 0.250. The smallest absolute Gasteiger partial charge is 0.296 e. The van der Waals surface area contributed by atoms with Crippen molar-refractivity contribution in [2.75, 3.05) is 31.9 Å². The second kappa shape index (κ2) is 12.4. The molecule has 0 atom stereocenters. The first kappa shape index (κ1) is 29.9. The number of amides is 1. The van der Waals surface area contributed by atoms with Crippen LogP contribution in [0.25, 0.3) is 22.3 Å². The summed E-state index contributed by atoms with van der Waals surface area (Å²) in [6.45, 7) is 4.24. The second-order valence-electron chi connectivity index (χ2n) is 10.6. The summed E-state index contributed by atoms with van der Waals surface area (Å²) in [6, 6.07) is 20.8. The van der Waals surface area contributed by atoms with Gasteiger partial charge in [0.15, 0.2) is 5.16 Å². The summed E-state index contributed by atoms with van der Waals surface area (Å²) in [4.78, 5) is 49.7. The van der Waals surface area contributed by atoms with Crippen LogP contribution in [-0.4, -0.2) is 66.6 Å². The summed E-state index contributed by atoms with van der Waals surface area (Å²) < 4.78 is 18.8. The maximum Gasteiger partial charge on any atom is 0.296 e. The fourth-order valence-corrected chi connectivity index (χ4v) is 6.62. The van der Waals surface area contributed by atoms with Crippen molar-refractivity contribution in [3.63, 3.8) is 0 Å². The van der Waals surface area contributed by atoms with Crippen molar-refractivity contribution in [3.8, 4) is 11.4 Å². The molecule has 3 heterocycles. The molecular weight excluding hydrogens is 603 g/mol. The Hall–Kier alpha value is -4.19. The van der Waals surface area contributed by atoms with Crippen molar-refractivity contribution in [3.05, 3.63) is 116 Å². The van der Waals surface area contributed by atoms with E-state index in [1.165, 1.54) is 15.3 Å². The molecule has 226 valence electrons. The Morgan fingerprint density at radius 2 is 1.64 bits per heavy atom. The molecule has 44 heavy (non-hydrogen) atoms. The molecule has 0 bridgehead atoms. The van der Waals surface area contributed by atoms with Gasteiger partial charge in [0.2, 0.25) is 5.91 Å². The average Bonchev–Trinajstić information content (AvgIpc) is 3.25. The Morgan fingerprint density at radius 3 is 2.36 bits per heavy atom. The zero-order chi connectivity index (χ0) is 31.0. The monoisotopic (exact) mass is 632 g/mol. The van der Waals surface area contributed by atoms with Crippen LogP contribution in [-0.2, 0) is 18.4 Å². The SMILES string of the molecule is Cc1c(-n2c(SCC(=O)N3CCN(Cc4c(F)cccc4Cl)CC3)nc3ccccc3c2=O)c(=O)n(-c2ccccc2)n1C. The molecule has 0 unspecified atom stereocenters. The fourth-order valence-electron chi connectivity index (χ4n) is 5.50. The largest absolute Gasteiger partial charge is 0.339 e. The van der Waals surface area contributed by atoms with Crippen LogP contribution in [0.2, 0.25) is 5.02 Å².